The van der Waals surface area contributed by atoms with Crippen molar-refractivity contribution in [1.82, 2.24) is 10.6 Å². The molecule has 0 bridgehead atoms. The van der Waals surface area contributed by atoms with E-state index in [0.29, 0.717) is 18.7 Å². The van der Waals surface area contributed by atoms with Crippen LogP contribution in [0.15, 0.2) is 30.3 Å². The van der Waals surface area contributed by atoms with E-state index in [1.165, 1.54) is 0 Å². The molecule has 5 heteroatoms. The van der Waals surface area contributed by atoms with Gasteiger partial charge in [-0.25, -0.2) is 0 Å². The maximum Gasteiger partial charge on any atom is 0.261 e. The molecule has 1 aromatic rings. The van der Waals surface area contributed by atoms with Gasteiger partial charge in [0.25, 0.3) is 5.91 Å². The minimum Gasteiger partial charge on any atom is -0.481 e. The molecule has 1 fully saturated rings. The highest BCUT2D eigenvalue weighted by atomic mass is 16.5. The highest BCUT2D eigenvalue weighted by Gasteiger charge is 2.26. The van der Waals surface area contributed by atoms with Gasteiger partial charge in [-0.1, -0.05) is 18.2 Å². The molecular formula is C14H18N2O3. The fourth-order valence-electron chi connectivity index (χ4n) is 1.96. The second-order valence-corrected chi connectivity index (χ2v) is 4.57. The molecule has 102 valence electrons. The molecule has 0 aliphatic carbocycles. The van der Waals surface area contributed by atoms with E-state index >= 15 is 0 Å². The molecule has 1 heterocycles. The third kappa shape index (κ3) is 3.71. The van der Waals surface area contributed by atoms with Crippen LogP contribution < -0.4 is 15.4 Å². The lowest BCUT2D eigenvalue weighted by Crippen LogP contribution is -2.52. The number of piperidine rings is 1. The van der Waals surface area contributed by atoms with Crippen LogP contribution in [0.25, 0.3) is 0 Å². The standard InChI is InChI=1S/C14H18N2O3/c1-10(19-11-6-3-2-4-7-11)13(17)16-12-8-5-9-15-14(12)18/h2-4,6-7,10,12H,5,8-9H2,1H3,(H,15,18)(H,16,17). The Hall–Kier alpha value is -2.04. The van der Waals surface area contributed by atoms with Gasteiger partial charge in [0.1, 0.15) is 11.8 Å². The van der Waals surface area contributed by atoms with Gasteiger partial charge >= 0.3 is 0 Å². The highest BCUT2D eigenvalue weighted by molar-refractivity contribution is 5.89. The number of hydrogen-bond donors (Lipinski definition) is 2. The fourth-order valence-corrected chi connectivity index (χ4v) is 1.96. The largest absolute Gasteiger partial charge is 0.481 e. The van der Waals surface area contributed by atoms with Gasteiger partial charge in [-0.15, -0.1) is 0 Å². The molecule has 1 saturated heterocycles. The number of ether oxygens (including phenoxy) is 1. The summed E-state index contributed by atoms with van der Waals surface area (Å²) in [5, 5.41) is 5.44. The van der Waals surface area contributed by atoms with E-state index in [2.05, 4.69) is 10.6 Å². The second kappa shape index (κ2) is 6.22. The van der Waals surface area contributed by atoms with Gasteiger partial charge in [-0.2, -0.15) is 0 Å². The first-order chi connectivity index (χ1) is 9.16. The summed E-state index contributed by atoms with van der Waals surface area (Å²) in [6.07, 6.45) is 0.928. The van der Waals surface area contributed by atoms with E-state index in [-0.39, 0.29) is 11.8 Å². The lowest BCUT2D eigenvalue weighted by molar-refractivity contribution is -0.133. The number of carbonyl (C=O) groups is 2. The Kier molecular flexibility index (Phi) is 4.39. The second-order valence-electron chi connectivity index (χ2n) is 4.57. The minimum atomic E-state index is -0.628. The van der Waals surface area contributed by atoms with E-state index in [4.69, 9.17) is 4.74 Å². The van der Waals surface area contributed by atoms with Gasteiger partial charge in [-0.3, -0.25) is 9.59 Å². The molecule has 2 unspecified atom stereocenters. The SMILES string of the molecule is CC(Oc1ccccc1)C(=O)NC1CCCNC1=O. The van der Waals surface area contributed by atoms with Crippen LogP contribution in [0.4, 0.5) is 0 Å². The van der Waals surface area contributed by atoms with Crippen molar-refractivity contribution in [1.29, 1.82) is 0 Å². The Labute approximate surface area is 112 Å². The molecule has 19 heavy (non-hydrogen) atoms. The molecule has 0 saturated carbocycles. The molecule has 0 spiro atoms. The number of amides is 2. The molecule has 5 nitrogen and oxygen atoms in total. The molecule has 1 aromatic carbocycles. The van der Waals surface area contributed by atoms with Crippen molar-refractivity contribution in [2.75, 3.05) is 6.54 Å². The summed E-state index contributed by atoms with van der Waals surface area (Å²) in [6, 6.07) is 8.70. The van der Waals surface area contributed by atoms with Crippen LogP contribution in [-0.4, -0.2) is 30.5 Å². The van der Waals surface area contributed by atoms with E-state index in [1.807, 2.05) is 18.2 Å². The molecule has 2 N–H and O–H groups in total. The Morgan fingerprint density at radius 2 is 2.16 bits per heavy atom. The van der Waals surface area contributed by atoms with Crippen LogP contribution >= 0.6 is 0 Å². The topological polar surface area (TPSA) is 67.4 Å². The van der Waals surface area contributed by atoms with E-state index in [1.54, 1.807) is 19.1 Å². The van der Waals surface area contributed by atoms with Crippen molar-refractivity contribution in [3.05, 3.63) is 30.3 Å². The summed E-state index contributed by atoms with van der Waals surface area (Å²) in [7, 11) is 0. The van der Waals surface area contributed by atoms with Crippen LogP contribution in [0.2, 0.25) is 0 Å². The predicted octanol–water partition coefficient (Wildman–Crippen LogP) is 0.849. The third-order valence-electron chi connectivity index (χ3n) is 3.03. The molecule has 1 aliphatic rings. The zero-order valence-corrected chi connectivity index (χ0v) is 10.9. The molecule has 0 radical (unpaired) electrons. The number of nitrogens with one attached hydrogen (secondary N) is 2. The summed E-state index contributed by atoms with van der Waals surface area (Å²) in [5.74, 6) is 0.246. The number of hydrogen-bond acceptors (Lipinski definition) is 3. The summed E-state index contributed by atoms with van der Waals surface area (Å²) in [4.78, 5) is 23.5. The van der Waals surface area contributed by atoms with Crippen molar-refractivity contribution in [3.63, 3.8) is 0 Å². The number of para-hydroxylation sites is 1. The summed E-state index contributed by atoms with van der Waals surface area (Å²) < 4.78 is 5.51. The van der Waals surface area contributed by atoms with Crippen molar-refractivity contribution in [2.24, 2.45) is 0 Å². The Balaban J connectivity index is 1.87. The van der Waals surface area contributed by atoms with Crippen LogP contribution in [0, 0.1) is 0 Å². The van der Waals surface area contributed by atoms with E-state index in [9.17, 15) is 9.59 Å². The van der Waals surface area contributed by atoms with Crippen LogP contribution in [-0.2, 0) is 9.59 Å². The lowest BCUT2D eigenvalue weighted by atomic mass is 10.1. The predicted molar refractivity (Wildman–Crippen MR) is 70.7 cm³/mol. The Morgan fingerprint density at radius 1 is 1.42 bits per heavy atom. The van der Waals surface area contributed by atoms with E-state index < -0.39 is 12.1 Å². The zero-order valence-electron chi connectivity index (χ0n) is 10.9. The molecule has 0 aromatic heterocycles. The van der Waals surface area contributed by atoms with Gasteiger partial charge in [-0.05, 0) is 31.9 Å². The van der Waals surface area contributed by atoms with Gasteiger partial charge in [0.05, 0.1) is 0 Å². The fraction of sp³-hybridized carbons (Fsp3) is 0.429. The molecule has 1 aliphatic heterocycles. The molecule has 2 rings (SSSR count). The van der Waals surface area contributed by atoms with Gasteiger partial charge in [0.15, 0.2) is 6.10 Å². The van der Waals surface area contributed by atoms with E-state index in [0.717, 1.165) is 6.42 Å². The minimum absolute atomic E-state index is 0.119. The Bertz CT molecular complexity index is 447. The van der Waals surface area contributed by atoms with Crippen molar-refractivity contribution >= 4 is 11.8 Å². The maximum atomic E-state index is 11.9. The van der Waals surface area contributed by atoms with Crippen molar-refractivity contribution in [3.8, 4) is 5.75 Å². The third-order valence-corrected chi connectivity index (χ3v) is 3.03. The average Bonchev–Trinajstić information content (AvgIpc) is 2.42. The first-order valence-electron chi connectivity index (χ1n) is 6.46. The number of carbonyl (C=O) groups excluding carboxylic acids is 2. The monoisotopic (exact) mass is 262 g/mol. The lowest BCUT2D eigenvalue weighted by Gasteiger charge is -2.24. The number of rotatable bonds is 4. The van der Waals surface area contributed by atoms with Gasteiger partial charge < -0.3 is 15.4 Å². The first kappa shape index (κ1) is 13.4. The number of benzene rings is 1. The molecular weight excluding hydrogens is 244 g/mol. The average molecular weight is 262 g/mol. The molecule has 2 atom stereocenters. The van der Waals surface area contributed by atoms with Crippen LogP contribution in [0.1, 0.15) is 19.8 Å². The zero-order chi connectivity index (χ0) is 13.7. The van der Waals surface area contributed by atoms with Crippen molar-refractivity contribution < 1.29 is 14.3 Å². The van der Waals surface area contributed by atoms with Crippen LogP contribution in [0.5, 0.6) is 5.75 Å². The van der Waals surface area contributed by atoms with Crippen molar-refractivity contribution in [2.45, 2.75) is 31.9 Å². The summed E-state index contributed by atoms with van der Waals surface area (Å²) in [5.41, 5.74) is 0. The maximum absolute atomic E-state index is 11.9. The first-order valence-corrected chi connectivity index (χ1v) is 6.46. The highest BCUT2D eigenvalue weighted by Crippen LogP contribution is 2.11. The molecule has 2 amide bonds. The quantitative estimate of drug-likeness (QED) is 0.845. The normalized spacial score (nSPS) is 20.3. The smallest absolute Gasteiger partial charge is 0.261 e. The Morgan fingerprint density at radius 3 is 2.84 bits per heavy atom. The van der Waals surface area contributed by atoms with Gasteiger partial charge in [0.2, 0.25) is 5.91 Å². The summed E-state index contributed by atoms with van der Waals surface area (Å²) in [6.45, 7) is 2.35. The van der Waals surface area contributed by atoms with Gasteiger partial charge in [0, 0.05) is 6.54 Å². The summed E-state index contributed by atoms with van der Waals surface area (Å²) >= 11 is 0. The van der Waals surface area contributed by atoms with Crippen LogP contribution in [0.3, 0.4) is 0 Å².